The molecule has 0 aromatic heterocycles. The molecule has 1 unspecified atom stereocenters. The van der Waals surface area contributed by atoms with Crippen LogP contribution in [0.15, 0.2) is 18.2 Å². The minimum Gasteiger partial charge on any atom is -0.504 e. The molecule has 0 saturated heterocycles. The van der Waals surface area contributed by atoms with E-state index in [1.165, 1.54) is 95.6 Å². The predicted molar refractivity (Wildman–Crippen MR) is 124 cm³/mol. The van der Waals surface area contributed by atoms with Crippen LogP contribution in [0, 0.1) is 5.92 Å². The standard InChI is InChI=1S/C26H44O4/c1-3-4-5-6-7-8-9-10-11-12-13-14-15-16-22(2)21-30-26(29)20-23-17-18-24(27)25(28)19-23/h17-19,22,27-28H,3-16,20-21H2,1-2H3. The smallest absolute Gasteiger partial charge is 0.310 e. The Labute approximate surface area is 184 Å². The van der Waals surface area contributed by atoms with Gasteiger partial charge >= 0.3 is 5.97 Å². The molecule has 0 spiro atoms. The van der Waals surface area contributed by atoms with Crippen LogP contribution in [-0.4, -0.2) is 22.8 Å². The number of unbranched alkanes of at least 4 members (excludes halogenated alkanes) is 12. The Hall–Kier alpha value is -1.71. The van der Waals surface area contributed by atoms with Crippen molar-refractivity contribution in [3.8, 4) is 11.5 Å². The number of benzene rings is 1. The molecule has 172 valence electrons. The lowest BCUT2D eigenvalue weighted by Gasteiger charge is -2.12. The van der Waals surface area contributed by atoms with Crippen LogP contribution in [0.4, 0.5) is 0 Å². The summed E-state index contributed by atoms with van der Waals surface area (Å²) < 4.78 is 5.36. The summed E-state index contributed by atoms with van der Waals surface area (Å²) in [6.07, 6.45) is 18.9. The summed E-state index contributed by atoms with van der Waals surface area (Å²) in [6.45, 7) is 4.84. The van der Waals surface area contributed by atoms with Crippen LogP contribution in [0.25, 0.3) is 0 Å². The molecule has 0 aliphatic carbocycles. The summed E-state index contributed by atoms with van der Waals surface area (Å²) in [4.78, 5) is 11.9. The number of hydrogen-bond acceptors (Lipinski definition) is 4. The molecular formula is C26H44O4. The van der Waals surface area contributed by atoms with Crippen LogP contribution in [0.2, 0.25) is 0 Å². The molecule has 0 fully saturated rings. The van der Waals surface area contributed by atoms with Crippen molar-refractivity contribution < 1.29 is 19.7 Å². The largest absolute Gasteiger partial charge is 0.504 e. The maximum atomic E-state index is 11.9. The highest BCUT2D eigenvalue weighted by Gasteiger charge is 2.10. The quantitative estimate of drug-likeness (QED) is 0.148. The van der Waals surface area contributed by atoms with Crippen molar-refractivity contribution in [2.24, 2.45) is 5.92 Å². The predicted octanol–water partition coefficient (Wildman–Crippen LogP) is 7.30. The van der Waals surface area contributed by atoms with Crippen LogP contribution < -0.4 is 0 Å². The van der Waals surface area contributed by atoms with E-state index in [0.29, 0.717) is 18.1 Å². The van der Waals surface area contributed by atoms with E-state index in [-0.39, 0.29) is 23.9 Å². The summed E-state index contributed by atoms with van der Waals surface area (Å²) in [5.74, 6) is -0.318. The fraction of sp³-hybridized carbons (Fsp3) is 0.731. The summed E-state index contributed by atoms with van der Waals surface area (Å²) in [5, 5.41) is 18.8. The monoisotopic (exact) mass is 420 g/mol. The number of ether oxygens (including phenoxy) is 1. The minimum absolute atomic E-state index is 0.110. The van der Waals surface area contributed by atoms with Gasteiger partial charge in [0.05, 0.1) is 13.0 Å². The molecule has 1 rings (SSSR count). The van der Waals surface area contributed by atoms with Crippen molar-refractivity contribution in [2.45, 2.75) is 110 Å². The molecule has 0 heterocycles. The molecular weight excluding hydrogens is 376 g/mol. The van der Waals surface area contributed by atoms with Gasteiger partial charge in [-0.25, -0.2) is 0 Å². The third kappa shape index (κ3) is 13.5. The van der Waals surface area contributed by atoms with Gasteiger partial charge in [0.25, 0.3) is 0 Å². The normalized spacial score (nSPS) is 12.1. The van der Waals surface area contributed by atoms with Gasteiger partial charge in [0.1, 0.15) is 0 Å². The number of hydrogen-bond donors (Lipinski definition) is 2. The first kappa shape index (κ1) is 26.3. The van der Waals surface area contributed by atoms with Crippen molar-refractivity contribution in [2.75, 3.05) is 6.61 Å². The molecule has 4 heteroatoms. The number of phenols is 2. The SMILES string of the molecule is CCCCCCCCCCCCCCCC(C)COC(=O)Cc1ccc(O)c(O)c1. The summed E-state index contributed by atoms with van der Waals surface area (Å²) in [5.41, 5.74) is 0.638. The third-order valence-corrected chi connectivity index (χ3v) is 5.72. The summed E-state index contributed by atoms with van der Waals surface area (Å²) in [7, 11) is 0. The van der Waals surface area contributed by atoms with Gasteiger partial charge in [0.15, 0.2) is 11.5 Å². The summed E-state index contributed by atoms with van der Waals surface area (Å²) in [6, 6.07) is 4.40. The average Bonchev–Trinajstić information content (AvgIpc) is 2.72. The van der Waals surface area contributed by atoms with Gasteiger partial charge in [0.2, 0.25) is 0 Å². The van der Waals surface area contributed by atoms with Crippen molar-refractivity contribution in [3.05, 3.63) is 23.8 Å². The molecule has 0 radical (unpaired) electrons. The van der Waals surface area contributed by atoms with E-state index in [1.807, 2.05) is 0 Å². The Morgan fingerprint density at radius 2 is 1.37 bits per heavy atom. The molecule has 0 aliphatic heterocycles. The van der Waals surface area contributed by atoms with E-state index in [9.17, 15) is 15.0 Å². The van der Waals surface area contributed by atoms with Crippen molar-refractivity contribution in [3.63, 3.8) is 0 Å². The maximum Gasteiger partial charge on any atom is 0.310 e. The molecule has 30 heavy (non-hydrogen) atoms. The Balaban J connectivity index is 1.93. The van der Waals surface area contributed by atoms with Gasteiger partial charge in [-0.3, -0.25) is 4.79 Å². The topological polar surface area (TPSA) is 66.8 Å². The number of aromatic hydroxyl groups is 2. The average molecular weight is 421 g/mol. The molecule has 1 aromatic rings. The van der Waals surface area contributed by atoms with Crippen LogP contribution in [-0.2, 0) is 16.0 Å². The van der Waals surface area contributed by atoms with Gasteiger partial charge in [-0.1, -0.05) is 103 Å². The molecule has 0 amide bonds. The molecule has 0 bridgehead atoms. The second kappa shape index (κ2) is 17.0. The lowest BCUT2D eigenvalue weighted by Crippen LogP contribution is -2.14. The number of esters is 1. The van der Waals surface area contributed by atoms with E-state index in [2.05, 4.69) is 13.8 Å². The zero-order chi connectivity index (χ0) is 22.0. The highest BCUT2D eigenvalue weighted by molar-refractivity contribution is 5.72. The highest BCUT2D eigenvalue weighted by Crippen LogP contribution is 2.25. The fourth-order valence-corrected chi connectivity index (χ4v) is 3.73. The Bertz CT molecular complexity index is 570. The second-order valence-corrected chi connectivity index (χ2v) is 8.82. The number of carbonyl (C=O) groups excluding carboxylic acids is 1. The lowest BCUT2D eigenvalue weighted by molar-refractivity contribution is -0.144. The molecule has 1 atom stereocenters. The van der Waals surface area contributed by atoms with Gasteiger partial charge in [0, 0.05) is 0 Å². The Morgan fingerprint density at radius 1 is 0.833 bits per heavy atom. The zero-order valence-corrected chi connectivity index (χ0v) is 19.3. The molecule has 0 saturated carbocycles. The molecule has 2 N–H and O–H groups in total. The Morgan fingerprint density at radius 3 is 1.90 bits per heavy atom. The Kier molecular flexibility index (Phi) is 14.9. The van der Waals surface area contributed by atoms with Gasteiger partial charge in [-0.15, -0.1) is 0 Å². The van der Waals surface area contributed by atoms with Crippen LogP contribution in [0.3, 0.4) is 0 Å². The van der Waals surface area contributed by atoms with E-state index in [0.717, 1.165) is 6.42 Å². The minimum atomic E-state index is -0.294. The first-order chi connectivity index (χ1) is 14.5. The van der Waals surface area contributed by atoms with Crippen LogP contribution in [0.5, 0.6) is 11.5 Å². The zero-order valence-electron chi connectivity index (χ0n) is 19.3. The van der Waals surface area contributed by atoms with Gasteiger partial charge in [-0.2, -0.15) is 0 Å². The molecule has 1 aromatic carbocycles. The van der Waals surface area contributed by atoms with Crippen molar-refractivity contribution in [1.82, 2.24) is 0 Å². The van der Waals surface area contributed by atoms with Gasteiger partial charge < -0.3 is 14.9 Å². The van der Waals surface area contributed by atoms with Crippen molar-refractivity contribution in [1.29, 1.82) is 0 Å². The highest BCUT2D eigenvalue weighted by atomic mass is 16.5. The number of phenolic OH excluding ortho intramolecular Hbond substituents is 2. The van der Waals surface area contributed by atoms with Crippen LogP contribution in [0.1, 0.15) is 109 Å². The first-order valence-electron chi connectivity index (χ1n) is 12.2. The fourth-order valence-electron chi connectivity index (χ4n) is 3.73. The van der Waals surface area contributed by atoms with Crippen LogP contribution >= 0.6 is 0 Å². The number of rotatable bonds is 18. The summed E-state index contributed by atoms with van der Waals surface area (Å²) >= 11 is 0. The van der Waals surface area contributed by atoms with Crippen molar-refractivity contribution >= 4 is 5.97 Å². The number of carbonyl (C=O) groups is 1. The second-order valence-electron chi connectivity index (χ2n) is 8.82. The lowest BCUT2D eigenvalue weighted by atomic mass is 10.0. The molecule has 4 nitrogen and oxygen atoms in total. The third-order valence-electron chi connectivity index (χ3n) is 5.72. The van der Waals surface area contributed by atoms with Gasteiger partial charge in [-0.05, 0) is 30.0 Å². The van der Waals surface area contributed by atoms with E-state index in [1.54, 1.807) is 6.07 Å². The van der Waals surface area contributed by atoms with E-state index in [4.69, 9.17) is 4.74 Å². The first-order valence-corrected chi connectivity index (χ1v) is 12.2. The maximum absolute atomic E-state index is 11.9. The van der Waals surface area contributed by atoms with E-state index < -0.39 is 0 Å². The van der Waals surface area contributed by atoms with E-state index >= 15 is 0 Å². The molecule has 0 aliphatic rings.